The molecule has 6 rings (SSSR count). The molecule has 0 saturated carbocycles. The number of piperazine rings is 1. The Bertz CT molecular complexity index is 1400. The van der Waals surface area contributed by atoms with Gasteiger partial charge in [0.15, 0.2) is 5.65 Å². The summed E-state index contributed by atoms with van der Waals surface area (Å²) in [6.07, 6.45) is 5.97. The second-order valence-electron chi connectivity index (χ2n) is 10.8. The molecule has 40 heavy (non-hydrogen) atoms. The summed E-state index contributed by atoms with van der Waals surface area (Å²) in [6, 6.07) is 11.2. The molecule has 212 valence electrons. The Balaban J connectivity index is 1.07. The minimum Gasteiger partial charge on any atom is -0.379 e. The molecule has 2 aliphatic rings. The van der Waals surface area contributed by atoms with E-state index in [0.717, 1.165) is 110 Å². The number of piperidine rings is 1. The summed E-state index contributed by atoms with van der Waals surface area (Å²) in [7, 11) is 1.96. The fourth-order valence-electron chi connectivity index (χ4n) is 5.75. The number of likely N-dealkylation sites (tertiary alicyclic amines) is 1. The van der Waals surface area contributed by atoms with Crippen LogP contribution in [0, 0.1) is 0 Å². The van der Waals surface area contributed by atoms with Gasteiger partial charge in [0.2, 0.25) is 0 Å². The lowest BCUT2D eigenvalue weighted by molar-refractivity contribution is 0.229. The molecule has 0 radical (unpaired) electrons. The van der Waals surface area contributed by atoms with Crippen molar-refractivity contribution >= 4 is 44.3 Å². The minimum absolute atomic E-state index is 0.446. The van der Waals surface area contributed by atoms with Gasteiger partial charge in [0.1, 0.15) is 17.2 Å². The Morgan fingerprint density at radius 2 is 1.77 bits per heavy atom. The zero-order valence-electron chi connectivity index (χ0n) is 23.4. The van der Waals surface area contributed by atoms with Gasteiger partial charge in [-0.05, 0) is 59.6 Å². The van der Waals surface area contributed by atoms with Gasteiger partial charge in [0.05, 0.1) is 16.4 Å². The number of benzene rings is 1. The van der Waals surface area contributed by atoms with Crippen LogP contribution in [0.3, 0.4) is 0 Å². The average molecular weight is 608 g/mol. The molecule has 3 aromatic heterocycles. The van der Waals surface area contributed by atoms with Gasteiger partial charge < -0.3 is 25.4 Å². The van der Waals surface area contributed by atoms with E-state index < -0.39 is 0 Å². The van der Waals surface area contributed by atoms with Crippen LogP contribution in [0.25, 0.3) is 22.6 Å². The van der Waals surface area contributed by atoms with Crippen molar-refractivity contribution in [1.82, 2.24) is 34.5 Å². The standard InChI is InChI=1S/C29H39BrN10/c1-3-38-13-9-22(10-14-38)34-26-24(30)20-32-29-27(26)35-28(36-29)21-4-6-23(7-5-21)40-18-16-39(17-19-40)15-12-31-25-8-11-33-37(25)2/h4-8,11,20,22,31H,3,9-10,12-19H2,1-2H3,(H2,32,34,35,36). The van der Waals surface area contributed by atoms with Gasteiger partial charge in [-0.3, -0.25) is 9.58 Å². The minimum atomic E-state index is 0.446. The smallest absolute Gasteiger partial charge is 0.159 e. The van der Waals surface area contributed by atoms with E-state index in [1.54, 1.807) is 0 Å². The van der Waals surface area contributed by atoms with E-state index >= 15 is 0 Å². The topological polar surface area (TPSA) is 93.2 Å². The Kier molecular flexibility index (Phi) is 8.22. The molecule has 10 nitrogen and oxygen atoms in total. The molecule has 2 saturated heterocycles. The Labute approximate surface area is 244 Å². The van der Waals surface area contributed by atoms with Crippen molar-refractivity contribution in [3.05, 3.63) is 47.2 Å². The monoisotopic (exact) mass is 606 g/mol. The third kappa shape index (κ3) is 5.96. The van der Waals surface area contributed by atoms with Crippen LogP contribution in [0.2, 0.25) is 0 Å². The second kappa shape index (κ2) is 12.2. The first kappa shape index (κ1) is 27.0. The van der Waals surface area contributed by atoms with Gasteiger partial charge in [0.25, 0.3) is 0 Å². The van der Waals surface area contributed by atoms with Crippen LogP contribution in [0.4, 0.5) is 17.2 Å². The molecule has 1 aromatic carbocycles. The normalized spacial score (nSPS) is 17.5. The predicted octanol–water partition coefficient (Wildman–Crippen LogP) is 4.25. The molecular weight excluding hydrogens is 568 g/mol. The van der Waals surface area contributed by atoms with Crippen LogP contribution in [0.1, 0.15) is 19.8 Å². The third-order valence-corrected chi connectivity index (χ3v) is 8.89. The molecule has 0 aliphatic carbocycles. The van der Waals surface area contributed by atoms with Gasteiger partial charge in [-0.2, -0.15) is 5.10 Å². The first-order valence-electron chi connectivity index (χ1n) is 14.4. The zero-order valence-corrected chi connectivity index (χ0v) is 25.0. The van der Waals surface area contributed by atoms with Crippen molar-refractivity contribution in [2.45, 2.75) is 25.8 Å². The van der Waals surface area contributed by atoms with Crippen LogP contribution in [0.15, 0.2) is 47.2 Å². The molecule has 0 amide bonds. The van der Waals surface area contributed by atoms with Crippen molar-refractivity contribution < 1.29 is 0 Å². The summed E-state index contributed by atoms with van der Waals surface area (Å²) >= 11 is 3.71. The summed E-state index contributed by atoms with van der Waals surface area (Å²) in [5.74, 6) is 1.91. The molecule has 0 atom stereocenters. The Hall–Kier alpha value is -3.15. The molecule has 0 bridgehead atoms. The number of hydrogen-bond donors (Lipinski definition) is 3. The summed E-state index contributed by atoms with van der Waals surface area (Å²) in [5, 5.41) is 11.4. The van der Waals surface area contributed by atoms with E-state index in [-0.39, 0.29) is 0 Å². The highest BCUT2D eigenvalue weighted by Crippen LogP contribution is 2.33. The maximum atomic E-state index is 4.99. The number of imidazole rings is 1. The van der Waals surface area contributed by atoms with Crippen LogP contribution in [-0.2, 0) is 7.05 Å². The highest BCUT2D eigenvalue weighted by Gasteiger charge is 2.22. The number of aryl methyl sites for hydroxylation is 1. The highest BCUT2D eigenvalue weighted by molar-refractivity contribution is 9.10. The van der Waals surface area contributed by atoms with Gasteiger partial charge in [-0.25, -0.2) is 9.97 Å². The third-order valence-electron chi connectivity index (χ3n) is 8.28. The van der Waals surface area contributed by atoms with Gasteiger partial charge in [0, 0.05) is 89.0 Å². The Morgan fingerprint density at radius 1 is 1.00 bits per heavy atom. The van der Waals surface area contributed by atoms with Gasteiger partial charge in [-0.1, -0.05) is 6.92 Å². The van der Waals surface area contributed by atoms with Crippen molar-refractivity contribution in [2.24, 2.45) is 7.05 Å². The molecular formula is C29H39BrN10. The molecule has 2 aliphatic heterocycles. The number of fused-ring (bicyclic) bond motifs is 1. The van der Waals surface area contributed by atoms with E-state index in [0.29, 0.717) is 6.04 Å². The maximum Gasteiger partial charge on any atom is 0.159 e. The largest absolute Gasteiger partial charge is 0.379 e. The SMILES string of the molecule is CCN1CCC(Nc2c(Br)cnc3[nH]c(-c4ccc(N5CCN(CCNc6ccnn6C)CC5)cc4)nc23)CC1. The molecule has 4 aromatic rings. The number of halogens is 1. The average Bonchev–Trinajstić information content (AvgIpc) is 3.62. The van der Waals surface area contributed by atoms with Crippen LogP contribution < -0.4 is 15.5 Å². The summed E-state index contributed by atoms with van der Waals surface area (Å²) < 4.78 is 2.83. The number of nitrogens with one attached hydrogen (secondary N) is 3. The molecule has 5 heterocycles. The number of rotatable bonds is 9. The molecule has 3 N–H and O–H groups in total. The molecule has 2 fully saturated rings. The number of nitrogens with zero attached hydrogens (tertiary/aromatic N) is 7. The lowest BCUT2D eigenvalue weighted by Crippen LogP contribution is -2.47. The fourth-order valence-corrected chi connectivity index (χ4v) is 6.16. The van der Waals surface area contributed by atoms with E-state index in [1.807, 2.05) is 30.2 Å². The Morgan fingerprint density at radius 3 is 2.48 bits per heavy atom. The van der Waals surface area contributed by atoms with Crippen LogP contribution in [0.5, 0.6) is 0 Å². The van der Waals surface area contributed by atoms with Crippen molar-refractivity contribution in [3.8, 4) is 11.4 Å². The molecule has 0 unspecified atom stereocenters. The van der Waals surface area contributed by atoms with Crippen molar-refractivity contribution in [3.63, 3.8) is 0 Å². The number of anilines is 3. The maximum absolute atomic E-state index is 4.99. The number of hydrogen-bond acceptors (Lipinski definition) is 8. The molecule has 11 heteroatoms. The molecule has 0 spiro atoms. The number of aromatic nitrogens is 5. The zero-order chi connectivity index (χ0) is 27.5. The number of aromatic amines is 1. The summed E-state index contributed by atoms with van der Waals surface area (Å²) in [4.78, 5) is 20.5. The van der Waals surface area contributed by atoms with Crippen LogP contribution >= 0.6 is 15.9 Å². The first-order valence-corrected chi connectivity index (χ1v) is 15.2. The number of H-pyrrole nitrogens is 1. The fraction of sp³-hybridized carbons (Fsp3) is 0.483. The van der Waals surface area contributed by atoms with Crippen LogP contribution in [-0.4, -0.2) is 99.5 Å². The van der Waals surface area contributed by atoms with Gasteiger partial charge >= 0.3 is 0 Å². The highest BCUT2D eigenvalue weighted by atomic mass is 79.9. The van der Waals surface area contributed by atoms with Crippen molar-refractivity contribution in [1.29, 1.82) is 0 Å². The predicted molar refractivity (Wildman–Crippen MR) is 166 cm³/mol. The van der Waals surface area contributed by atoms with E-state index in [1.165, 1.54) is 5.69 Å². The quantitative estimate of drug-likeness (QED) is 0.260. The second-order valence-corrected chi connectivity index (χ2v) is 11.6. The first-order chi connectivity index (χ1) is 19.6. The summed E-state index contributed by atoms with van der Waals surface area (Å²) in [6.45, 7) is 11.8. The lowest BCUT2D eigenvalue weighted by atomic mass is 10.0. The summed E-state index contributed by atoms with van der Waals surface area (Å²) in [5.41, 5.74) is 5.06. The van der Waals surface area contributed by atoms with Gasteiger partial charge in [-0.15, -0.1) is 0 Å². The van der Waals surface area contributed by atoms with E-state index in [2.05, 4.69) is 87.5 Å². The van der Waals surface area contributed by atoms with E-state index in [9.17, 15) is 0 Å². The van der Waals surface area contributed by atoms with Crippen molar-refractivity contribution in [2.75, 3.05) is 74.4 Å². The number of pyridine rings is 1. The lowest BCUT2D eigenvalue weighted by Gasteiger charge is -2.36. The van der Waals surface area contributed by atoms with E-state index in [4.69, 9.17) is 4.98 Å².